The third kappa shape index (κ3) is 6.04. The molecule has 0 unspecified atom stereocenters. The Hall–Kier alpha value is -5.80. The molecule has 2 heterocycles. The van der Waals surface area contributed by atoms with Crippen molar-refractivity contribution in [2.24, 2.45) is 4.99 Å². The lowest BCUT2D eigenvalue weighted by molar-refractivity contribution is -0.394. The van der Waals surface area contributed by atoms with Gasteiger partial charge in [-0.1, -0.05) is 41.7 Å². The predicted molar refractivity (Wildman–Crippen MR) is 193 cm³/mol. The normalized spacial score (nSPS) is 14.9. The van der Waals surface area contributed by atoms with Crippen LogP contribution < -0.4 is 33.8 Å². The van der Waals surface area contributed by atoms with Crippen LogP contribution in [0.25, 0.3) is 11.8 Å². The van der Waals surface area contributed by atoms with Crippen molar-refractivity contribution < 1.29 is 28.8 Å². The van der Waals surface area contributed by atoms with Gasteiger partial charge in [0.05, 0.1) is 58.0 Å². The quantitative estimate of drug-likeness (QED) is 0.117. The molecule has 7 rings (SSSR count). The molecule has 0 bridgehead atoms. The van der Waals surface area contributed by atoms with Crippen molar-refractivity contribution in [3.63, 3.8) is 0 Å². The Morgan fingerprint density at radius 2 is 1.63 bits per heavy atom. The number of hydrogen-bond acceptors (Lipinski definition) is 11. The summed E-state index contributed by atoms with van der Waals surface area (Å²) in [5.41, 5.74) is 4.29. The molecule has 258 valence electrons. The minimum Gasteiger partial charge on any atom is -0.493 e. The molecule has 51 heavy (non-hydrogen) atoms. The molecule has 4 aromatic carbocycles. The number of non-ortho nitro benzene ring substituents is 1. The standard InChI is InChI=1S/C36H27BrN4O9S/c1-47-28-12-9-21(17-29(28)48-2)33-24-11-8-20-6-4-5-7-23(20)32(24)38-36-39(33)35(42)31(51-36)16-19-14-25(37)34(30(15-19)49-3)50-27-13-10-22(40(43)44)18-26(27)41(45)46/h4-7,9-10,12-18,33H,8,11H2,1-3H3/b31-16+/t33-/m0/s1. The molecule has 0 spiro atoms. The summed E-state index contributed by atoms with van der Waals surface area (Å²) in [6, 6.07) is 19.8. The summed E-state index contributed by atoms with van der Waals surface area (Å²) in [5.74, 6) is 1.21. The number of allylic oxidation sites excluding steroid dienone is 1. The van der Waals surface area contributed by atoms with Crippen LogP contribution in [0.3, 0.4) is 0 Å². The first-order valence-electron chi connectivity index (χ1n) is 15.4. The Kier molecular flexibility index (Phi) is 8.91. The van der Waals surface area contributed by atoms with Crippen LogP contribution >= 0.6 is 27.3 Å². The first kappa shape index (κ1) is 33.7. The molecule has 2 aliphatic rings. The van der Waals surface area contributed by atoms with Crippen molar-refractivity contribution >= 4 is 50.4 Å². The number of halogens is 1. The van der Waals surface area contributed by atoms with Gasteiger partial charge in [-0.2, -0.15) is 0 Å². The van der Waals surface area contributed by atoms with E-state index in [0.29, 0.717) is 37.3 Å². The van der Waals surface area contributed by atoms with Crippen LogP contribution in [0.1, 0.15) is 34.7 Å². The van der Waals surface area contributed by atoms with E-state index in [1.165, 1.54) is 24.0 Å². The van der Waals surface area contributed by atoms with E-state index >= 15 is 0 Å². The number of aryl methyl sites for hydroxylation is 1. The molecule has 1 aliphatic heterocycles. The molecule has 1 atom stereocenters. The van der Waals surface area contributed by atoms with E-state index in [4.69, 9.17) is 23.9 Å². The largest absolute Gasteiger partial charge is 0.493 e. The summed E-state index contributed by atoms with van der Waals surface area (Å²) in [4.78, 5) is 41.4. The van der Waals surface area contributed by atoms with Gasteiger partial charge >= 0.3 is 5.69 Å². The van der Waals surface area contributed by atoms with E-state index in [-0.39, 0.29) is 22.8 Å². The molecule has 0 radical (unpaired) electrons. The van der Waals surface area contributed by atoms with Gasteiger partial charge in [-0.15, -0.1) is 0 Å². The van der Waals surface area contributed by atoms with E-state index in [1.54, 1.807) is 37.0 Å². The lowest BCUT2D eigenvalue weighted by Crippen LogP contribution is -2.38. The number of nitrogens with zero attached hydrogens (tertiary/aromatic N) is 4. The highest BCUT2D eigenvalue weighted by Gasteiger charge is 2.33. The van der Waals surface area contributed by atoms with Crippen LogP contribution in [0.5, 0.6) is 28.7 Å². The fourth-order valence-electron chi connectivity index (χ4n) is 6.38. The van der Waals surface area contributed by atoms with Crippen molar-refractivity contribution in [1.29, 1.82) is 0 Å². The number of nitro benzene ring substituents is 2. The zero-order chi connectivity index (χ0) is 36.0. The van der Waals surface area contributed by atoms with Gasteiger partial charge < -0.3 is 18.9 Å². The highest BCUT2D eigenvalue weighted by atomic mass is 79.9. The van der Waals surface area contributed by atoms with Crippen LogP contribution in [0.15, 0.2) is 92.6 Å². The number of ether oxygens (including phenoxy) is 4. The monoisotopic (exact) mass is 770 g/mol. The van der Waals surface area contributed by atoms with Crippen LogP contribution in [-0.2, 0) is 6.42 Å². The molecule has 0 saturated heterocycles. The van der Waals surface area contributed by atoms with Crippen LogP contribution in [0.2, 0.25) is 0 Å². The maximum absolute atomic E-state index is 14.3. The zero-order valence-electron chi connectivity index (χ0n) is 27.2. The van der Waals surface area contributed by atoms with E-state index in [1.807, 2.05) is 30.3 Å². The van der Waals surface area contributed by atoms with Crippen molar-refractivity contribution in [3.8, 4) is 28.7 Å². The van der Waals surface area contributed by atoms with Crippen molar-refractivity contribution in [2.75, 3.05) is 21.3 Å². The van der Waals surface area contributed by atoms with Gasteiger partial charge in [0.25, 0.3) is 11.2 Å². The molecular formula is C36H27BrN4O9S. The molecular weight excluding hydrogens is 744 g/mol. The van der Waals surface area contributed by atoms with E-state index in [0.717, 1.165) is 47.0 Å². The molecule has 0 saturated carbocycles. The van der Waals surface area contributed by atoms with Gasteiger partial charge in [-0.25, -0.2) is 4.99 Å². The molecule has 0 amide bonds. The number of aromatic nitrogens is 1. The maximum atomic E-state index is 14.3. The predicted octanol–water partition coefficient (Wildman–Crippen LogP) is 6.72. The average molecular weight is 772 g/mol. The van der Waals surface area contributed by atoms with Crippen LogP contribution in [0, 0.1) is 20.2 Å². The second-order valence-electron chi connectivity index (χ2n) is 11.5. The Labute approximate surface area is 301 Å². The summed E-state index contributed by atoms with van der Waals surface area (Å²) in [6.07, 6.45) is 3.25. The Morgan fingerprint density at radius 3 is 2.35 bits per heavy atom. The minimum absolute atomic E-state index is 0.104. The van der Waals surface area contributed by atoms with Gasteiger partial charge in [-0.05, 0) is 87.4 Å². The third-order valence-electron chi connectivity index (χ3n) is 8.71. The van der Waals surface area contributed by atoms with E-state index < -0.39 is 27.3 Å². The molecule has 0 N–H and O–H groups in total. The van der Waals surface area contributed by atoms with Crippen LogP contribution in [-0.4, -0.2) is 35.7 Å². The van der Waals surface area contributed by atoms with Gasteiger partial charge in [0.2, 0.25) is 5.75 Å². The second-order valence-corrected chi connectivity index (χ2v) is 13.4. The van der Waals surface area contributed by atoms with Gasteiger partial charge in [-0.3, -0.25) is 29.6 Å². The van der Waals surface area contributed by atoms with Crippen molar-refractivity contribution in [1.82, 2.24) is 4.57 Å². The van der Waals surface area contributed by atoms with Crippen molar-refractivity contribution in [2.45, 2.75) is 18.9 Å². The smallest absolute Gasteiger partial charge is 0.318 e. The van der Waals surface area contributed by atoms with Gasteiger partial charge in [0, 0.05) is 11.6 Å². The van der Waals surface area contributed by atoms with Gasteiger partial charge in [0.1, 0.15) is 0 Å². The number of fused-ring (bicyclic) bond motifs is 3. The highest BCUT2D eigenvalue weighted by Crippen LogP contribution is 2.44. The lowest BCUT2D eigenvalue weighted by atomic mass is 9.83. The second kappa shape index (κ2) is 13.5. The molecule has 1 aliphatic carbocycles. The van der Waals surface area contributed by atoms with Crippen LogP contribution in [0.4, 0.5) is 11.4 Å². The Balaban J connectivity index is 1.35. The summed E-state index contributed by atoms with van der Waals surface area (Å²) in [7, 11) is 4.55. The first-order chi connectivity index (χ1) is 24.6. The SMILES string of the molecule is COc1ccc([C@H]2C3=C(N=c4s/c(=C/c5cc(Br)c(Oc6ccc([N+](=O)[O-])cc6[N+](=O)[O-])c(OC)c5)c(=O)n42)c2ccccc2CC3)cc1OC. The fraction of sp³-hybridized carbons (Fsp3) is 0.167. The number of nitro groups is 2. The topological polar surface area (TPSA) is 158 Å². The maximum Gasteiger partial charge on any atom is 0.318 e. The lowest BCUT2D eigenvalue weighted by Gasteiger charge is -2.31. The highest BCUT2D eigenvalue weighted by molar-refractivity contribution is 9.10. The fourth-order valence-corrected chi connectivity index (χ4v) is 7.92. The van der Waals surface area contributed by atoms with E-state index in [2.05, 4.69) is 28.1 Å². The number of hydrogen-bond donors (Lipinski definition) is 0. The summed E-state index contributed by atoms with van der Waals surface area (Å²) in [6.45, 7) is 0. The molecule has 15 heteroatoms. The summed E-state index contributed by atoms with van der Waals surface area (Å²) < 4.78 is 25.1. The van der Waals surface area contributed by atoms with E-state index in [9.17, 15) is 25.0 Å². The number of methoxy groups -OCH3 is 3. The Morgan fingerprint density at radius 1 is 0.882 bits per heavy atom. The summed E-state index contributed by atoms with van der Waals surface area (Å²) >= 11 is 4.74. The van der Waals surface area contributed by atoms with Crippen molar-refractivity contribution in [3.05, 3.63) is 145 Å². The molecule has 1 aromatic heterocycles. The number of rotatable bonds is 9. The minimum atomic E-state index is -0.761. The van der Waals surface area contributed by atoms with Gasteiger partial charge in [0.15, 0.2) is 27.8 Å². The average Bonchev–Trinajstić information content (AvgIpc) is 3.44. The number of benzene rings is 4. The first-order valence-corrected chi connectivity index (χ1v) is 17.1. The molecule has 0 fully saturated rings. The molecule has 13 nitrogen and oxygen atoms in total. The molecule has 5 aromatic rings. The Bertz CT molecular complexity index is 2490. The third-order valence-corrected chi connectivity index (χ3v) is 10.3. The number of thiazole rings is 1. The zero-order valence-corrected chi connectivity index (χ0v) is 29.6. The summed E-state index contributed by atoms with van der Waals surface area (Å²) in [5, 5.41) is 22.9.